The number of carbonyl (C=O) groups excluding carboxylic acids is 1. The Morgan fingerprint density at radius 3 is 2.55 bits per heavy atom. The van der Waals surface area contributed by atoms with E-state index in [4.69, 9.17) is 0 Å². The average molecular weight is 290 g/mol. The van der Waals surface area contributed by atoms with Crippen LogP contribution in [0.2, 0.25) is 0 Å². The molecule has 2 heterocycles. The van der Waals surface area contributed by atoms with Gasteiger partial charge in [-0.05, 0) is 38.5 Å². The molecule has 0 aliphatic rings. The topological polar surface area (TPSA) is 79.3 Å². The van der Waals surface area contributed by atoms with Crippen molar-refractivity contribution in [2.45, 2.75) is 20.8 Å². The zero-order valence-corrected chi connectivity index (χ0v) is 12.2. The summed E-state index contributed by atoms with van der Waals surface area (Å²) < 4.78 is 0. The molecule has 104 valence electrons. The summed E-state index contributed by atoms with van der Waals surface area (Å²) in [6.45, 7) is 5.35. The zero-order chi connectivity index (χ0) is 14.9. The maximum absolute atomic E-state index is 12.1. The lowest BCUT2D eigenvalue weighted by molar-refractivity contribution is 0.0697. The normalized spacial score (nSPS) is 10.3. The Morgan fingerprint density at radius 1 is 1.25 bits per heavy atom. The van der Waals surface area contributed by atoms with Crippen molar-refractivity contribution in [2.75, 3.05) is 5.32 Å². The van der Waals surface area contributed by atoms with E-state index in [-0.39, 0.29) is 11.3 Å². The van der Waals surface area contributed by atoms with Gasteiger partial charge in [0.15, 0.2) is 0 Å². The molecule has 0 unspecified atom stereocenters. The second kappa shape index (κ2) is 5.42. The van der Waals surface area contributed by atoms with Crippen LogP contribution in [0.15, 0.2) is 18.2 Å². The van der Waals surface area contributed by atoms with Crippen LogP contribution in [-0.2, 0) is 0 Å². The fourth-order valence-electron chi connectivity index (χ4n) is 1.81. The Hall–Kier alpha value is -2.21. The molecule has 0 fully saturated rings. The van der Waals surface area contributed by atoms with Gasteiger partial charge >= 0.3 is 5.97 Å². The smallest absolute Gasteiger partial charge is 0.338 e. The van der Waals surface area contributed by atoms with Crippen molar-refractivity contribution >= 4 is 28.2 Å². The number of hydrogen-bond donors (Lipinski definition) is 2. The molecule has 0 aromatic carbocycles. The summed E-state index contributed by atoms with van der Waals surface area (Å²) in [5.41, 5.74) is 1.82. The first-order chi connectivity index (χ1) is 9.40. The van der Waals surface area contributed by atoms with Crippen LogP contribution < -0.4 is 5.32 Å². The summed E-state index contributed by atoms with van der Waals surface area (Å²) >= 11 is 1.26. The molecule has 2 aromatic rings. The third-order valence-electron chi connectivity index (χ3n) is 2.95. The van der Waals surface area contributed by atoms with E-state index >= 15 is 0 Å². The fourth-order valence-corrected chi connectivity index (χ4v) is 2.86. The van der Waals surface area contributed by atoms with E-state index in [0.717, 1.165) is 10.6 Å². The Labute approximate surface area is 120 Å². The van der Waals surface area contributed by atoms with Crippen molar-refractivity contribution in [3.63, 3.8) is 0 Å². The van der Waals surface area contributed by atoms with Gasteiger partial charge in [-0.2, -0.15) is 0 Å². The number of pyridine rings is 1. The van der Waals surface area contributed by atoms with Crippen molar-refractivity contribution in [1.29, 1.82) is 0 Å². The quantitative estimate of drug-likeness (QED) is 0.910. The Morgan fingerprint density at radius 2 is 1.95 bits per heavy atom. The number of aryl methyl sites for hydroxylation is 2. The molecule has 2 rings (SSSR count). The lowest BCUT2D eigenvalue weighted by atomic mass is 10.1. The van der Waals surface area contributed by atoms with Gasteiger partial charge in [0.1, 0.15) is 10.7 Å². The predicted octanol–water partition coefficient (Wildman–Crippen LogP) is 3.02. The summed E-state index contributed by atoms with van der Waals surface area (Å²) in [5, 5.41) is 12.2. The summed E-state index contributed by atoms with van der Waals surface area (Å²) in [6.07, 6.45) is 0. The first-order valence-corrected chi connectivity index (χ1v) is 6.80. The largest absolute Gasteiger partial charge is 0.478 e. The highest BCUT2D eigenvalue weighted by Crippen LogP contribution is 2.32. The minimum atomic E-state index is -1.04. The number of amides is 1. The van der Waals surface area contributed by atoms with E-state index in [1.807, 2.05) is 6.92 Å². The highest BCUT2D eigenvalue weighted by atomic mass is 32.1. The molecule has 0 saturated carbocycles. The van der Waals surface area contributed by atoms with E-state index in [1.54, 1.807) is 32.0 Å². The summed E-state index contributed by atoms with van der Waals surface area (Å²) in [5.74, 6) is -1.45. The summed E-state index contributed by atoms with van der Waals surface area (Å²) in [7, 11) is 0. The molecule has 0 bridgehead atoms. The van der Waals surface area contributed by atoms with Crippen LogP contribution in [-0.4, -0.2) is 22.0 Å². The second-order valence-corrected chi connectivity index (χ2v) is 5.64. The van der Waals surface area contributed by atoms with Gasteiger partial charge in [0.2, 0.25) is 0 Å². The molecule has 0 saturated heterocycles. The molecule has 6 heteroatoms. The summed E-state index contributed by atoms with van der Waals surface area (Å²) in [6, 6.07) is 5.12. The second-order valence-electron chi connectivity index (χ2n) is 4.41. The average Bonchev–Trinajstić information content (AvgIpc) is 2.64. The monoisotopic (exact) mass is 290 g/mol. The van der Waals surface area contributed by atoms with Gasteiger partial charge in [-0.15, -0.1) is 11.3 Å². The SMILES string of the molecule is Cc1cccc(C(=O)Nc2sc(C)c(C)c2C(=O)O)n1. The highest BCUT2D eigenvalue weighted by Gasteiger charge is 2.21. The molecule has 0 aliphatic carbocycles. The van der Waals surface area contributed by atoms with Gasteiger partial charge in [0.25, 0.3) is 5.91 Å². The van der Waals surface area contributed by atoms with Crippen LogP contribution in [0.1, 0.15) is 37.0 Å². The third-order valence-corrected chi connectivity index (χ3v) is 4.07. The van der Waals surface area contributed by atoms with E-state index < -0.39 is 11.9 Å². The number of carboxylic acid groups (broad SMARTS) is 1. The van der Waals surface area contributed by atoms with Gasteiger partial charge in [0, 0.05) is 10.6 Å². The molecule has 5 nitrogen and oxygen atoms in total. The molecule has 20 heavy (non-hydrogen) atoms. The first kappa shape index (κ1) is 14.2. The number of carbonyl (C=O) groups is 2. The van der Waals surface area contributed by atoms with Crippen LogP contribution in [0.5, 0.6) is 0 Å². The lowest BCUT2D eigenvalue weighted by Crippen LogP contribution is -2.15. The maximum atomic E-state index is 12.1. The number of rotatable bonds is 3. The van der Waals surface area contributed by atoms with Gasteiger partial charge < -0.3 is 10.4 Å². The summed E-state index contributed by atoms with van der Waals surface area (Å²) in [4.78, 5) is 28.4. The number of anilines is 1. The number of hydrogen-bond acceptors (Lipinski definition) is 4. The molecule has 2 N–H and O–H groups in total. The Bertz CT molecular complexity index is 692. The predicted molar refractivity (Wildman–Crippen MR) is 77.7 cm³/mol. The van der Waals surface area contributed by atoms with Crippen LogP contribution >= 0.6 is 11.3 Å². The number of nitrogens with zero attached hydrogens (tertiary/aromatic N) is 1. The number of aromatic carboxylic acids is 1. The third kappa shape index (κ3) is 2.70. The number of carboxylic acids is 1. The Kier molecular flexibility index (Phi) is 3.85. The Balaban J connectivity index is 2.33. The molecule has 0 spiro atoms. The van der Waals surface area contributed by atoms with E-state index in [2.05, 4.69) is 10.3 Å². The highest BCUT2D eigenvalue weighted by molar-refractivity contribution is 7.16. The molecule has 0 radical (unpaired) electrons. The maximum Gasteiger partial charge on any atom is 0.338 e. The van der Waals surface area contributed by atoms with E-state index in [0.29, 0.717) is 10.6 Å². The van der Waals surface area contributed by atoms with Gasteiger partial charge in [0.05, 0.1) is 5.56 Å². The van der Waals surface area contributed by atoms with Gasteiger partial charge in [-0.3, -0.25) is 4.79 Å². The van der Waals surface area contributed by atoms with Crippen LogP contribution in [0.4, 0.5) is 5.00 Å². The molecular weight excluding hydrogens is 276 g/mol. The van der Waals surface area contributed by atoms with Crippen molar-refractivity contribution in [2.24, 2.45) is 0 Å². The number of nitrogens with one attached hydrogen (secondary N) is 1. The standard InChI is InChI=1S/C14H14N2O3S/c1-7-5-4-6-10(15-7)12(17)16-13-11(14(18)19)8(2)9(3)20-13/h4-6H,1-3H3,(H,16,17)(H,18,19). The minimum Gasteiger partial charge on any atom is -0.478 e. The molecule has 0 atom stereocenters. The van der Waals surface area contributed by atoms with Crippen molar-refractivity contribution in [3.8, 4) is 0 Å². The van der Waals surface area contributed by atoms with Gasteiger partial charge in [-0.25, -0.2) is 9.78 Å². The molecule has 1 amide bonds. The fraction of sp³-hybridized carbons (Fsp3) is 0.214. The molecule has 0 aliphatic heterocycles. The lowest BCUT2D eigenvalue weighted by Gasteiger charge is -2.04. The molecular formula is C14H14N2O3S. The number of aromatic nitrogens is 1. The van der Waals surface area contributed by atoms with Crippen LogP contribution in [0.3, 0.4) is 0 Å². The van der Waals surface area contributed by atoms with E-state index in [9.17, 15) is 14.7 Å². The van der Waals surface area contributed by atoms with Crippen LogP contribution in [0.25, 0.3) is 0 Å². The van der Waals surface area contributed by atoms with Crippen LogP contribution in [0, 0.1) is 20.8 Å². The first-order valence-electron chi connectivity index (χ1n) is 5.98. The van der Waals surface area contributed by atoms with Gasteiger partial charge in [-0.1, -0.05) is 6.07 Å². The zero-order valence-electron chi connectivity index (χ0n) is 11.4. The van der Waals surface area contributed by atoms with E-state index in [1.165, 1.54) is 11.3 Å². The van der Waals surface area contributed by atoms with Crippen molar-refractivity contribution < 1.29 is 14.7 Å². The molecule has 2 aromatic heterocycles. The van der Waals surface area contributed by atoms with Crippen molar-refractivity contribution in [1.82, 2.24) is 4.98 Å². The minimum absolute atomic E-state index is 0.147. The van der Waals surface area contributed by atoms with Crippen molar-refractivity contribution in [3.05, 3.63) is 45.6 Å². The number of thiophene rings is 1.